The summed E-state index contributed by atoms with van der Waals surface area (Å²) >= 11 is 0. The van der Waals surface area contributed by atoms with E-state index in [4.69, 9.17) is 9.15 Å². The van der Waals surface area contributed by atoms with Gasteiger partial charge in [0.1, 0.15) is 6.10 Å². The Morgan fingerprint density at radius 3 is 2.88 bits per heavy atom. The van der Waals surface area contributed by atoms with Gasteiger partial charge in [-0.25, -0.2) is 9.18 Å². The van der Waals surface area contributed by atoms with E-state index in [-0.39, 0.29) is 17.4 Å². The Kier molecular flexibility index (Phi) is 1.98. The Hall–Kier alpha value is -1.91. The summed E-state index contributed by atoms with van der Waals surface area (Å²) in [4.78, 5) is 11.6. The van der Waals surface area contributed by atoms with Gasteiger partial charge in [-0.1, -0.05) is 0 Å². The molecule has 0 bridgehead atoms. The highest BCUT2D eigenvalue weighted by Crippen LogP contribution is 2.33. The molecule has 17 heavy (non-hydrogen) atoms. The van der Waals surface area contributed by atoms with Crippen LogP contribution in [-0.4, -0.2) is 6.10 Å². The topological polar surface area (TPSA) is 39.4 Å². The van der Waals surface area contributed by atoms with Crippen molar-refractivity contribution < 1.29 is 17.9 Å². The second-order valence-electron chi connectivity index (χ2n) is 4.07. The van der Waals surface area contributed by atoms with Crippen molar-refractivity contribution >= 4 is 11.0 Å². The van der Waals surface area contributed by atoms with Crippen LogP contribution < -0.4 is 10.4 Å². The maximum atomic E-state index is 13.5. The summed E-state index contributed by atoms with van der Waals surface area (Å²) < 4.78 is 36.6. The van der Waals surface area contributed by atoms with E-state index in [1.165, 1.54) is 6.07 Å². The maximum absolute atomic E-state index is 13.5. The lowest BCUT2D eigenvalue weighted by Crippen LogP contribution is -2.09. The van der Waals surface area contributed by atoms with Gasteiger partial charge >= 0.3 is 5.63 Å². The van der Waals surface area contributed by atoms with Crippen LogP contribution in [0.25, 0.3) is 11.0 Å². The minimum atomic E-state index is -1.14. The molecule has 2 aromatic rings. The Labute approximate surface area is 94.6 Å². The van der Waals surface area contributed by atoms with Crippen LogP contribution >= 0.6 is 0 Å². The highest BCUT2D eigenvalue weighted by Gasteiger charge is 2.27. The van der Waals surface area contributed by atoms with E-state index in [9.17, 15) is 13.6 Å². The standard InChI is InChI=1S/C12H8F2O3/c1-5-4-7-6-2-3-8(13)9(14)10(6)17-12(15)11(7)16-5/h2-3,5H,4H2,1H3/t5-/m1/s1. The molecule has 0 saturated heterocycles. The van der Waals surface area contributed by atoms with E-state index in [1.54, 1.807) is 6.92 Å². The van der Waals surface area contributed by atoms with Crippen molar-refractivity contribution in [3.63, 3.8) is 0 Å². The Balaban J connectivity index is 2.45. The van der Waals surface area contributed by atoms with Crippen LogP contribution in [0.3, 0.4) is 0 Å². The molecule has 0 saturated carbocycles. The van der Waals surface area contributed by atoms with Crippen LogP contribution in [0.5, 0.6) is 5.75 Å². The van der Waals surface area contributed by atoms with Crippen molar-refractivity contribution in [2.75, 3.05) is 0 Å². The van der Waals surface area contributed by atoms with Crippen LogP contribution in [-0.2, 0) is 6.42 Å². The van der Waals surface area contributed by atoms with Gasteiger partial charge in [-0.3, -0.25) is 0 Å². The fourth-order valence-electron chi connectivity index (χ4n) is 2.11. The van der Waals surface area contributed by atoms with Crippen molar-refractivity contribution in [2.45, 2.75) is 19.4 Å². The van der Waals surface area contributed by atoms with Gasteiger partial charge in [0.05, 0.1) is 0 Å². The largest absolute Gasteiger partial charge is 0.483 e. The highest BCUT2D eigenvalue weighted by molar-refractivity contribution is 5.83. The van der Waals surface area contributed by atoms with Crippen molar-refractivity contribution in [2.24, 2.45) is 0 Å². The molecule has 2 heterocycles. The third kappa shape index (κ3) is 1.35. The lowest BCUT2D eigenvalue weighted by molar-refractivity contribution is 0.245. The number of hydrogen-bond donors (Lipinski definition) is 0. The summed E-state index contributed by atoms with van der Waals surface area (Å²) in [5.74, 6) is -2.06. The van der Waals surface area contributed by atoms with Crippen molar-refractivity contribution in [1.82, 2.24) is 0 Å². The summed E-state index contributed by atoms with van der Waals surface area (Å²) in [6, 6.07) is 2.41. The van der Waals surface area contributed by atoms with Crippen molar-refractivity contribution in [3.8, 4) is 5.75 Å². The van der Waals surface area contributed by atoms with Gasteiger partial charge < -0.3 is 9.15 Å². The molecule has 0 spiro atoms. The smallest absolute Gasteiger partial charge is 0.379 e. The zero-order chi connectivity index (χ0) is 12.2. The number of hydrogen-bond acceptors (Lipinski definition) is 3. The van der Waals surface area contributed by atoms with Crippen LogP contribution in [0, 0.1) is 11.6 Å². The SMILES string of the molecule is C[C@@H]1Cc2c(c(=O)oc3c(F)c(F)ccc23)O1. The molecule has 0 unspecified atom stereocenters. The summed E-state index contributed by atoms with van der Waals surface area (Å²) in [5, 5.41) is 0.392. The molecule has 0 fully saturated rings. The predicted molar refractivity (Wildman–Crippen MR) is 56.2 cm³/mol. The summed E-state index contributed by atoms with van der Waals surface area (Å²) in [5.41, 5.74) is -0.518. The molecule has 1 aliphatic heterocycles. The molecular weight excluding hydrogens is 230 g/mol. The fourth-order valence-corrected chi connectivity index (χ4v) is 2.11. The first-order valence-corrected chi connectivity index (χ1v) is 5.18. The van der Waals surface area contributed by atoms with Crippen molar-refractivity contribution in [3.05, 3.63) is 39.8 Å². The van der Waals surface area contributed by atoms with E-state index in [2.05, 4.69) is 0 Å². The molecule has 3 nitrogen and oxygen atoms in total. The quantitative estimate of drug-likeness (QED) is 0.661. The zero-order valence-electron chi connectivity index (χ0n) is 8.92. The van der Waals surface area contributed by atoms with E-state index in [0.29, 0.717) is 17.4 Å². The second kappa shape index (κ2) is 3.29. The molecule has 1 aliphatic rings. The summed E-state index contributed by atoms with van der Waals surface area (Å²) in [6.07, 6.45) is 0.328. The van der Waals surface area contributed by atoms with Crippen LogP contribution in [0.15, 0.2) is 21.3 Å². The first-order chi connectivity index (χ1) is 8.08. The average Bonchev–Trinajstić information content (AvgIpc) is 2.67. The van der Waals surface area contributed by atoms with Gasteiger partial charge in [0.25, 0.3) is 0 Å². The third-order valence-electron chi connectivity index (χ3n) is 2.84. The minimum Gasteiger partial charge on any atom is -0.483 e. The fraction of sp³-hybridized carbons (Fsp3) is 0.250. The Bertz CT molecular complexity index is 675. The number of ether oxygens (including phenoxy) is 1. The van der Waals surface area contributed by atoms with Crippen molar-refractivity contribution in [1.29, 1.82) is 0 Å². The minimum absolute atomic E-state index is 0.107. The maximum Gasteiger partial charge on any atom is 0.379 e. The van der Waals surface area contributed by atoms with Gasteiger partial charge in [-0.2, -0.15) is 4.39 Å². The first-order valence-electron chi connectivity index (χ1n) is 5.18. The molecule has 0 aliphatic carbocycles. The Morgan fingerprint density at radius 2 is 2.12 bits per heavy atom. The number of fused-ring (bicyclic) bond motifs is 3. The monoisotopic (exact) mass is 238 g/mol. The molecule has 1 atom stereocenters. The van der Waals surface area contributed by atoms with E-state index < -0.39 is 17.3 Å². The molecular formula is C12H8F2O3. The third-order valence-corrected chi connectivity index (χ3v) is 2.84. The molecule has 5 heteroatoms. The van der Waals surface area contributed by atoms with Crippen LogP contribution in [0.2, 0.25) is 0 Å². The van der Waals surface area contributed by atoms with Crippen LogP contribution in [0.4, 0.5) is 8.78 Å². The number of rotatable bonds is 0. The molecule has 1 aromatic heterocycles. The predicted octanol–water partition coefficient (Wildman–Crippen LogP) is 2.39. The first kappa shape index (κ1) is 10.3. The normalized spacial score (nSPS) is 18.2. The summed E-state index contributed by atoms with van der Waals surface area (Å²) in [6.45, 7) is 1.80. The molecule has 0 amide bonds. The molecule has 0 N–H and O–H groups in total. The zero-order valence-corrected chi connectivity index (χ0v) is 8.92. The second-order valence-corrected chi connectivity index (χ2v) is 4.07. The van der Waals surface area contributed by atoms with Gasteiger partial charge in [-0.05, 0) is 19.1 Å². The summed E-state index contributed by atoms with van der Waals surface area (Å²) in [7, 11) is 0. The lowest BCUT2D eigenvalue weighted by Gasteiger charge is -2.03. The molecule has 0 radical (unpaired) electrons. The molecule has 88 valence electrons. The van der Waals surface area contributed by atoms with E-state index in [1.807, 2.05) is 0 Å². The lowest BCUT2D eigenvalue weighted by atomic mass is 10.1. The van der Waals surface area contributed by atoms with Gasteiger partial charge in [-0.15, -0.1) is 0 Å². The highest BCUT2D eigenvalue weighted by atomic mass is 19.2. The van der Waals surface area contributed by atoms with E-state index >= 15 is 0 Å². The number of benzene rings is 1. The average molecular weight is 238 g/mol. The van der Waals surface area contributed by atoms with Gasteiger partial charge in [0, 0.05) is 17.4 Å². The Morgan fingerprint density at radius 1 is 1.35 bits per heavy atom. The van der Waals surface area contributed by atoms with Crippen LogP contribution in [0.1, 0.15) is 12.5 Å². The molecule has 3 rings (SSSR count). The van der Waals surface area contributed by atoms with Gasteiger partial charge in [0.15, 0.2) is 11.4 Å². The van der Waals surface area contributed by atoms with Gasteiger partial charge in [0.2, 0.25) is 11.6 Å². The van der Waals surface area contributed by atoms with E-state index in [0.717, 1.165) is 6.07 Å². The number of halogens is 2. The molecule has 1 aromatic carbocycles.